The number of benzene rings is 2. The van der Waals surface area contributed by atoms with Crippen LogP contribution < -0.4 is 29.1 Å². The van der Waals surface area contributed by atoms with Crippen molar-refractivity contribution >= 4 is 23.4 Å². The van der Waals surface area contributed by atoms with Crippen molar-refractivity contribution in [3.8, 4) is 17.2 Å². The number of rotatable bonds is 7. The molecule has 0 saturated carbocycles. The number of carbonyl (C=O) groups excluding carboxylic acids is 1. The molecule has 0 fully saturated rings. The van der Waals surface area contributed by atoms with Gasteiger partial charge in [-0.05, 0) is 62.2 Å². The number of aromatic nitrogens is 1. The van der Waals surface area contributed by atoms with E-state index in [1.54, 1.807) is 59.5 Å². The zero-order valence-corrected chi connectivity index (χ0v) is 21.9. The normalized spacial score (nSPS) is 15.3. The van der Waals surface area contributed by atoms with E-state index in [1.165, 1.54) is 15.9 Å². The molecule has 0 amide bonds. The van der Waals surface area contributed by atoms with E-state index in [0.29, 0.717) is 32.1 Å². The maximum atomic E-state index is 13.8. The zero-order chi connectivity index (χ0) is 26.0. The Balaban J connectivity index is 2.00. The average molecular weight is 509 g/mol. The summed E-state index contributed by atoms with van der Waals surface area (Å²) in [4.78, 5) is 32.0. The van der Waals surface area contributed by atoms with Gasteiger partial charge in [-0.15, -0.1) is 0 Å². The topological polar surface area (TPSA) is 88.4 Å². The van der Waals surface area contributed by atoms with Crippen LogP contribution in [0, 0.1) is 6.92 Å². The van der Waals surface area contributed by atoms with Gasteiger partial charge in [0.2, 0.25) is 0 Å². The third-order valence-corrected chi connectivity index (χ3v) is 6.96. The highest BCUT2D eigenvalue weighted by atomic mass is 32.1. The summed E-state index contributed by atoms with van der Waals surface area (Å²) >= 11 is 1.26. The van der Waals surface area contributed by atoms with Gasteiger partial charge in [0.1, 0.15) is 23.3 Å². The van der Waals surface area contributed by atoms with Crippen molar-refractivity contribution in [2.75, 3.05) is 27.9 Å². The highest BCUT2D eigenvalue weighted by molar-refractivity contribution is 7.07. The van der Waals surface area contributed by atoms with Gasteiger partial charge in [0.25, 0.3) is 5.56 Å². The Morgan fingerprint density at radius 2 is 1.81 bits per heavy atom. The molecular formula is C27H28N2O6S. The lowest BCUT2D eigenvalue weighted by molar-refractivity contribution is -0.139. The monoisotopic (exact) mass is 508 g/mol. The van der Waals surface area contributed by atoms with Crippen molar-refractivity contribution in [3.05, 3.63) is 84.0 Å². The fourth-order valence-corrected chi connectivity index (χ4v) is 5.26. The molecule has 3 aromatic rings. The Morgan fingerprint density at radius 1 is 1.06 bits per heavy atom. The first kappa shape index (κ1) is 25.2. The van der Waals surface area contributed by atoms with Crippen LogP contribution >= 0.6 is 11.3 Å². The van der Waals surface area contributed by atoms with Crippen LogP contribution in [0.5, 0.6) is 17.2 Å². The van der Waals surface area contributed by atoms with E-state index in [9.17, 15) is 9.59 Å². The molecule has 0 saturated heterocycles. The smallest absolute Gasteiger partial charge is 0.338 e. The van der Waals surface area contributed by atoms with Crippen LogP contribution in [0.3, 0.4) is 0 Å². The Labute approximate surface area is 212 Å². The molecule has 0 radical (unpaired) electrons. The molecule has 9 heteroatoms. The van der Waals surface area contributed by atoms with Crippen molar-refractivity contribution < 1.29 is 23.7 Å². The Hall–Kier alpha value is -3.85. The molecule has 1 aromatic heterocycles. The van der Waals surface area contributed by atoms with E-state index in [4.69, 9.17) is 18.9 Å². The summed E-state index contributed by atoms with van der Waals surface area (Å²) in [5, 5.41) is 0. The van der Waals surface area contributed by atoms with Crippen LogP contribution in [0.25, 0.3) is 6.08 Å². The van der Waals surface area contributed by atoms with Crippen molar-refractivity contribution in [2.45, 2.75) is 26.8 Å². The van der Waals surface area contributed by atoms with E-state index >= 15 is 0 Å². The molecule has 0 N–H and O–H groups in total. The molecule has 188 valence electrons. The van der Waals surface area contributed by atoms with Gasteiger partial charge in [-0.25, -0.2) is 9.79 Å². The second kappa shape index (κ2) is 10.4. The summed E-state index contributed by atoms with van der Waals surface area (Å²) in [6, 6.07) is 10.2. The lowest BCUT2D eigenvalue weighted by Crippen LogP contribution is -2.40. The fourth-order valence-electron chi connectivity index (χ4n) is 4.22. The van der Waals surface area contributed by atoms with Crippen LogP contribution in [0.1, 0.15) is 36.6 Å². The molecule has 4 rings (SSSR count). The molecule has 1 atom stereocenters. The molecule has 0 spiro atoms. The summed E-state index contributed by atoms with van der Waals surface area (Å²) in [6.45, 7) is 5.63. The first-order valence-corrected chi connectivity index (χ1v) is 12.2. The summed E-state index contributed by atoms with van der Waals surface area (Å²) in [6.07, 6.45) is 1.80. The molecule has 36 heavy (non-hydrogen) atoms. The molecule has 0 unspecified atom stereocenters. The molecule has 1 aliphatic rings. The minimum Gasteiger partial charge on any atom is -0.497 e. The van der Waals surface area contributed by atoms with E-state index in [1.807, 2.05) is 25.1 Å². The summed E-state index contributed by atoms with van der Waals surface area (Å²) < 4.78 is 23.9. The predicted molar refractivity (Wildman–Crippen MR) is 138 cm³/mol. The van der Waals surface area contributed by atoms with E-state index in [0.717, 1.165) is 16.9 Å². The summed E-state index contributed by atoms with van der Waals surface area (Å²) in [5.41, 5.74) is 2.89. The lowest BCUT2D eigenvalue weighted by Gasteiger charge is -2.26. The number of fused-ring (bicyclic) bond motifs is 1. The standard InChI is InChI=1S/C27H28N2O6S/c1-7-35-26(31)23-16(3)28-27-29(24(23)19-14-18(32-4)10-11-20(19)33-5)25(30)22(36-27)13-17-9-8-15(2)21(12-17)34-6/h8-14,24H,7H2,1-6H3/b22-13-/t24-/m1/s1. The van der Waals surface area contributed by atoms with Gasteiger partial charge in [-0.3, -0.25) is 9.36 Å². The maximum absolute atomic E-state index is 13.8. The Morgan fingerprint density at radius 3 is 2.47 bits per heavy atom. The van der Waals surface area contributed by atoms with Crippen LogP contribution in [0.15, 0.2) is 57.5 Å². The maximum Gasteiger partial charge on any atom is 0.338 e. The molecule has 0 bridgehead atoms. The van der Waals surface area contributed by atoms with Crippen LogP contribution in [0.4, 0.5) is 0 Å². The van der Waals surface area contributed by atoms with Crippen molar-refractivity contribution in [1.82, 2.24) is 4.57 Å². The average Bonchev–Trinajstić information content (AvgIpc) is 3.18. The van der Waals surface area contributed by atoms with Crippen LogP contribution in [-0.2, 0) is 9.53 Å². The number of nitrogens with zero attached hydrogens (tertiary/aromatic N) is 2. The highest BCUT2D eigenvalue weighted by Gasteiger charge is 2.35. The first-order valence-electron chi connectivity index (χ1n) is 11.4. The third kappa shape index (κ3) is 4.54. The molecule has 0 aliphatic carbocycles. The number of ether oxygens (including phenoxy) is 4. The zero-order valence-electron chi connectivity index (χ0n) is 21.1. The van der Waals surface area contributed by atoms with E-state index in [2.05, 4.69) is 4.99 Å². The molecule has 1 aliphatic heterocycles. The van der Waals surface area contributed by atoms with Crippen molar-refractivity contribution in [3.63, 3.8) is 0 Å². The van der Waals surface area contributed by atoms with Gasteiger partial charge >= 0.3 is 5.97 Å². The van der Waals surface area contributed by atoms with Gasteiger partial charge in [0, 0.05) is 5.56 Å². The fraction of sp³-hybridized carbons (Fsp3) is 0.296. The molecule has 2 heterocycles. The largest absolute Gasteiger partial charge is 0.497 e. The van der Waals surface area contributed by atoms with E-state index < -0.39 is 12.0 Å². The summed E-state index contributed by atoms with van der Waals surface area (Å²) in [7, 11) is 4.71. The van der Waals surface area contributed by atoms with Gasteiger partial charge in [0.05, 0.1) is 43.7 Å². The molecule has 8 nitrogen and oxygen atoms in total. The Bertz CT molecular complexity index is 1530. The van der Waals surface area contributed by atoms with Gasteiger partial charge in [-0.2, -0.15) is 0 Å². The second-order valence-corrected chi connectivity index (χ2v) is 9.15. The Kier molecular flexibility index (Phi) is 7.30. The van der Waals surface area contributed by atoms with Gasteiger partial charge < -0.3 is 18.9 Å². The van der Waals surface area contributed by atoms with E-state index in [-0.39, 0.29) is 17.7 Å². The first-order chi connectivity index (χ1) is 17.3. The quantitative estimate of drug-likeness (QED) is 0.456. The number of allylic oxidation sites excluding steroid dienone is 1. The number of hydrogen-bond acceptors (Lipinski definition) is 8. The molecular weight excluding hydrogens is 480 g/mol. The SMILES string of the molecule is CCOC(=O)C1=C(C)N=c2s/c(=C\c3ccc(C)c(OC)c3)c(=O)n2[C@@H]1c1cc(OC)ccc1OC. The van der Waals surface area contributed by atoms with Gasteiger partial charge in [0.15, 0.2) is 4.80 Å². The van der Waals surface area contributed by atoms with Crippen molar-refractivity contribution in [1.29, 1.82) is 0 Å². The minimum atomic E-state index is -0.806. The number of methoxy groups -OCH3 is 3. The number of thiazole rings is 1. The van der Waals surface area contributed by atoms with Crippen molar-refractivity contribution in [2.24, 2.45) is 4.99 Å². The second-order valence-electron chi connectivity index (χ2n) is 8.14. The number of carbonyl (C=O) groups is 1. The predicted octanol–water partition coefficient (Wildman–Crippen LogP) is 3.13. The third-order valence-electron chi connectivity index (χ3n) is 5.98. The number of hydrogen-bond donors (Lipinski definition) is 0. The lowest BCUT2D eigenvalue weighted by atomic mass is 9.94. The van der Waals surface area contributed by atoms with Crippen LogP contribution in [0.2, 0.25) is 0 Å². The number of esters is 1. The highest BCUT2D eigenvalue weighted by Crippen LogP contribution is 2.37. The minimum absolute atomic E-state index is 0.192. The molecule has 2 aromatic carbocycles. The summed E-state index contributed by atoms with van der Waals surface area (Å²) in [5.74, 6) is 1.27. The van der Waals surface area contributed by atoms with Gasteiger partial charge in [-0.1, -0.05) is 23.5 Å². The number of aryl methyl sites for hydroxylation is 1. The van der Waals surface area contributed by atoms with Crippen LogP contribution in [-0.4, -0.2) is 38.5 Å².